The number of piperidine rings is 1. The molecule has 6 nitrogen and oxygen atoms in total. The zero-order valence-corrected chi connectivity index (χ0v) is 15.9. The quantitative estimate of drug-likeness (QED) is 0.777. The van der Waals surface area contributed by atoms with Crippen molar-refractivity contribution in [2.75, 3.05) is 25.5 Å². The van der Waals surface area contributed by atoms with Crippen LogP contribution in [0.2, 0.25) is 5.02 Å². The summed E-state index contributed by atoms with van der Waals surface area (Å²) in [5.41, 5.74) is 1.26. The minimum absolute atomic E-state index is 0.156. The van der Waals surface area contributed by atoms with Crippen molar-refractivity contribution in [3.05, 3.63) is 28.9 Å². The van der Waals surface area contributed by atoms with Crippen molar-refractivity contribution in [1.82, 2.24) is 9.88 Å². The number of amides is 1. The molecule has 0 spiro atoms. The van der Waals surface area contributed by atoms with Gasteiger partial charge in [-0.3, -0.25) is 9.69 Å². The molecule has 0 bridgehead atoms. The maximum absolute atomic E-state index is 12.7. The number of hydrogen-bond acceptors (Lipinski definition) is 4. The van der Waals surface area contributed by atoms with Crippen LogP contribution in [0.3, 0.4) is 0 Å². The van der Waals surface area contributed by atoms with Crippen molar-refractivity contribution in [3.63, 3.8) is 0 Å². The number of hydrogen-bond donors (Lipinski definition) is 2. The molecular formula is C19H24ClN3O3. The lowest BCUT2D eigenvalue weighted by atomic mass is 10.00. The van der Waals surface area contributed by atoms with Gasteiger partial charge in [0.15, 0.2) is 0 Å². The van der Waals surface area contributed by atoms with E-state index in [-0.39, 0.29) is 11.6 Å². The highest BCUT2D eigenvalue weighted by Gasteiger charge is 2.25. The maximum Gasteiger partial charge on any atom is 0.356 e. The van der Waals surface area contributed by atoms with Crippen molar-refractivity contribution in [3.8, 4) is 0 Å². The van der Waals surface area contributed by atoms with Crippen molar-refractivity contribution in [2.45, 2.75) is 38.6 Å². The van der Waals surface area contributed by atoms with Crippen molar-refractivity contribution < 1.29 is 14.3 Å². The van der Waals surface area contributed by atoms with E-state index in [1.807, 2.05) is 0 Å². The van der Waals surface area contributed by atoms with Crippen LogP contribution in [0, 0.1) is 0 Å². The van der Waals surface area contributed by atoms with Gasteiger partial charge in [0.05, 0.1) is 24.4 Å². The van der Waals surface area contributed by atoms with Crippen LogP contribution in [-0.2, 0) is 9.53 Å². The number of fused-ring (bicyclic) bond motifs is 1. The van der Waals surface area contributed by atoms with Gasteiger partial charge in [0.2, 0.25) is 5.91 Å². The molecule has 0 unspecified atom stereocenters. The normalized spacial score (nSPS) is 18.0. The molecule has 2 heterocycles. The van der Waals surface area contributed by atoms with E-state index in [1.54, 1.807) is 18.2 Å². The zero-order valence-electron chi connectivity index (χ0n) is 15.1. The van der Waals surface area contributed by atoms with E-state index >= 15 is 0 Å². The number of methoxy groups -OCH3 is 1. The second-order valence-corrected chi connectivity index (χ2v) is 7.01. The summed E-state index contributed by atoms with van der Waals surface area (Å²) in [6.07, 6.45) is 4.47. The predicted octanol–water partition coefficient (Wildman–Crippen LogP) is 3.81. The van der Waals surface area contributed by atoms with Gasteiger partial charge in [-0.1, -0.05) is 31.0 Å². The monoisotopic (exact) mass is 377 g/mol. The van der Waals surface area contributed by atoms with E-state index in [4.69, 9.17) is 16.3 Å². The molecule has 3 rings (SSSR count). The number of benzene rings is 1. The zero-order chi connectivity index (χ0) is 18.7. The molecule has 2 aromatic rings. The van der Waals surface area contributed by atoms with Crippen LogP contribution in [0.1, 0.15) is 43.1 Å². The van der Waals surface area contributed by atoms with Crippen LogP contribution in [0.25, 0.3) is 10.9 Å². The highest BCUT2D eigenvalue weighted by Crippen LogP contribution is 2.34. The fourth-order valence-corrected chi connectivity index (χ4v) is 3.95. The van der Waals surface area contributed by atoms with Crippen LogP contribution in [0.15, 0.2) is 18.2 Å². The number of halogens is 1. The Morgan fingerprint density at radius 1 is 1.38 bits per heavy atom. The molecule has 0 saturated carbocycles. The lowest BCUT2D eigenvalue weighted by molar-refractivity contribution is -0.118. The molecule has 0 radical (unpaired) electrons. The van der Waals surface area contributed by atoms with Crippen LogP contribution in [0.4, 0.5) is 5.69 Å². The Labute approximate surface area is 157 Å². The molecule has 1 saturated heterocycles. The van der Waals surface area contributed by atoms with Gasteiger partial charge in [0.25, 0.3) is 0 Å². The van der Waals surface area contributed by atoms with Gasteiger partial charge in [0, 0.05) is 16.9 Å². The number of ether oxygens (including phenoxy) is 1. The first-order chi connectivity index (χ1) is 12.5. The van der Waals surface area contributed by atoms with Gasteiger partial charge in [-0.25, -0.2) is 4.79 Å². The largest absolute Gasteiger partial charge is 0.464 e. The van der Waals surface area contributed by atoms with Crippen molar-refractivity contribution in [1.29, 1.82) is 0 Å². The van der Waals surface area contributed by atoms with Gasteiger partial charge < -0.3 is 15.0 Å². The van der Waals surface area contributed by atoms with Gasteiger partial charge in [-0.05, 0) is 37.9 Å². The van der Waals surface area contributed by atoms with Gasteiger partial charge >= 0.3 is 5.97 Å². The Bertz CT molecular complexity index is 818. The highest BCUT2D eigenvalue weighted by atomic mass is 35.5. The van der Waals surface area contributed by atoms with Crippen LogP contribution in [-0.4, -0.2) is 48.0 Å². The number of carbonyl (C=O) groups excluding carboxylic acids is 2. The third kappa shape index (κ3) is 3.71. The number of H-pyrrole nitrogens is 1. The number of anilines is 1. The fourth-order valence-electron chi connectivity index (χ4n) is 3.68. The first-order valence-corrected chi connectivity index (χ1v) is 9.35. The molecule has 2 N–H and O–H groups in total. The standard InChI is InChI=1S/C19H24ClN3O3/c1-3-12-7-4-5-10-23(12)11-15(24)22-17-16-13(20)8-6-9-14(16)21-18(17)19(25)26-2/h6,8-9,12,21H,3-5,7,10-11H2,1-2H3,(H,22,24)/t12-/m0/s1. The molecule has 0 aliphatic carbocycles. The molecule has 1 fully saturated rings. The Hall–Kier alpha value is -2.05. The van der Waals surface area contributed by atoms with Crippen LogP contribution >= 0.6 is 11.6 Å². The average molecular weight is 378 g/mol. The van der Waals surface area contributed by atoms with E-state index in [1.165, 1.54) is 13.5 Å². The minimum atomic E-state index is -0.544. The topological polar surface area (TPSA) is 74.4 Å². The first kappa shape index (κ1) is 18.7. The van der Waals surface area contributed by atoms with Crippen molar-refractivity contribution >= 4 is 40.1 Å². The number of rotatable bonds is 5. The summed E-state index contributed by atoms with van der Waals surface area (Å²) >= 11 is 6.31. The Morgan fingerprint density at radius 3 is 2.92 bits per heavy atom. The van der Waals surface area contributed by atoms with E-state index in [0.717, 1.165) is 25.8 Å². The summed E-state index contributed by atoms with van der Waals surface area (Å²) in [6.45, 7) is 3.37. The minimum Gasteiger partial charge on any atom is -0.464 e. The predicted molar refractivity (Wildman–Crippen MR) is 103 cm³/mol. The summed E-state index contributed by atoms with van der Waals surface area (Å²) in [6, 6.07) is 5.75. The van der Waals surface area contributed by atoms with Crippen molar-refractivity contribution in [2.24, 2.45) is 0 Å². The smallest absolute Gasteiger partial charge is 0.356 e. The summed E-state index contributed by atoms with van der Waals surface area (Å²) < 4.78 is 4.84. The third-order valence-electron chi connectivity index (χ3n) is 4.99. The lowest BCUT2D eigenvalue weighted by Crippen LogP contribution is -2.43. The number of aromatic nitrogens is 1. The second kappa shape index (κ2) is 8.10. The molecule has 26 heavy (non-hydrogen) atoms. The summed E-state index contributed by atoms with van der Waals surface area (Å²) in [5, 5.41) is 3.97. The van der Waals surface area contributed by atoms with Gasteiger partial charge in [-0.2, -0.15) is 0 Å². The van der Waals surface area contributed by atoms with Crippen LogP contribution in [0.5, 0.6) is 0 Å². The number of likely N-dealkylation sites (tertiary alicyclic amines) is 1. The summed E-state index contributed by atoms with van der Waals surface area (Å²) in [4.78, 5) is 30.0. The number of nitrogens with one attached hydrogen (secondary N) is 2. The molecule has 1 aromatic carbocycles. The molecule has 1 amide bonds. The average Bonchev–Trinajstić information content (AvgIpc) is 3.01. The Morgan fingerprint density at radius 2 is 2.19 bits per heavy atom. The summed E-state index contributed by atoms with van der Waals surface area (Å²) in [7, 11) is 1.31. The fraction of sp³-hybridized carbons (Fsp3) is 0.474. The Balaban J connectivity index is 1.87. The van der Waals surface area contributed by atoms with Gasteiger partial charge in [0.1, 0.15) is 5.69 Å². The maximum atomic E-state index is 12.7. The molecule has 7 heteroatoms. The molecule has 1 atom stereocenters. The van der Waals surface area contributed by atoms with E-state index in [0.29, 0.717) is 34.2 Å². The number of aromatic amines is 1. The SMILES string of the molecule is CC[C@H]1CCCCN1CC(=O)Nc1c(C(=O)OC)[nH]c2cccc(Cl)c12. The molecule has 1 aliphatic heterocycles. The molecule has 140 valence electrons. The lowest BCUT2D eigenvalue weighted by Gasteiger charge is -2.34. The highest BCUT2D eigenvalue weighted by molar-refractivity contribution is 6.37. The molecule has 1 aromatic heterocycles. The second-order valence-electron chi connectivity index (χ2n) is 6.61. The number of esters is 1. The van der Waals surface area contributed by atoms with E-state index in [9.17, 15) is 9.59 Å². The van der Waals surface area contributed by atoms with E-state index < -0.39 is 5.97 Å². The number of nitrogens with zero attached hydrogens (tertiary/aromatic N) is 1. The van der Waals surface area contributed by atoms with E-state index in [2.05, 4.69) is 22.1 Å². The van der Waals surface area contributed by atoms with Gasteiger partial charge in [-0.15, -0.1) is 0 Å². The third-order valence-corrected chi connectivity index (χ3v) is 5.31. The first-order valence-electron chi connectivity index (χ1n) is 8.97. The van der Waals surface area contributed by atoms with Crippen LogP contribution < -0.4 is 5.32 Å². The Kier molecular flexibility index (Phi) is 5.84. The summed E-state index contributed by atoms with van der Waals surface area (Å²) in [5.74, 6) is -0.701. The molecular weight excluding hydrogens is 354 g/mol. The number of carbonyl (C=O) groups is 2. The molecule has 1 aliphatic rings.